The molecular formula is C19H26N2O2S. The summed E-state index contributed by atoms with van der Waals surface area (Å²) >= 11 is 1.89. The molecule has 1 atom stereocenters. The number of carbonyl (C=O) groups is 1. The molecule has 0 aromatic carbocycles. The first kappa shape index (κ1) is 18.6. The fraction of sp³-hybridized carbons (Fsp3) is 0.474. The van der Waals surface area contributed by atoms with Crippen molar-refractivity contribution < 1.29 is 9.21 Å². The lowest BCUT2D eigenvalue weighted by Gasteiger charge is -2.23. The van der Waals surface area contributed by atoms with E-state index in [1.165, 1.54) is 12.8 Å². The number of carbonyl (C=O) groups excluding carboxylic acids is 1. The van der Waals surface area contributed by atoms with Crippen LogP contribution in [0.4, 0.5) is 0 Å². The SMILES string of the molecule is CCCCSCc1cc(C(=O)N(C)C(C)c2ccccn2)oc1C. The largest absolute Gasteiger partial charge is 0.456 e. The molecule has 0 bridgehead atoms. The molecule has 0 N–H and O–H groups in total. The highest BCUT2D eigenvalue weighted by atomic mass is 32.2. The molecule has 24 heavy (non-hydrogen) atoms. The van der Waals surface area contributed by atoms with Crippen LogP contribution in [0, 0.1) is 6.92 Å². The van der Waals surface area contributed by atoms with Crippen molar-refractivity contribution in [2.24, 2.45) is 0 Å². The molecule has 1 amide bonds. The summed E-state index contributed by atoms with van der Waals surface area (Å²) in [4.78, 5) is 18.7. The molecule has 1 unspecified atom stereocenters. The Hall–Kier alpha value is -1.75. The number of hydrogen-bond acceptors (Lipinski definition) is 4. The van der Waals surface area contributed by atoms with Gasteiger partial charge in [0, 0.05) is 24.6 Å². The van der Waals surface area contributed by atoms with E-state index in [1.807, 2.05) is 49.9 Å². The van der Waals surface area contributed by atoms with Crippen molar-refractivity contribution in [2.75, 3.05) is 12.8 Å². The van der Waals surface area contributed by atoms with Gasteiger partial charge in [0.05, 0.1) is 11.7 Å². The van der Waals surface area contributed by atoms with E-state index in [9.17, 15) is 4.79 Å². The molecule has 0 radical (unpaired) electrons. The smallest absolute Gasteiger partial charge is 0.289 e. The van der Waals surface area contributed by atoms with E-state index in [0.29, 0.717) is 5.76 Å². The fourth-order valence-corrected chi connectivity index (χ4v) is 3.51. The van der Waals surface area contributed by atoms with Gasteiger partial charge < -0.3 is 9.32 Å². The summed E-state index contributed by atoms with van der Waals surface area (Å²) in [6.07, 6.45) is 4.17. The molecule has 0 saturated heterocycles. The summed E-state index contributed by atoms with van der Waals surface area (Å²) < 4.78 is 5.72. The number of rotatable bonds is 8. The lowest BCUT2D eigenvalue weighted by Crippen LogP contribution is -2.29. The van der Waals surface area contributed by atoms with Crippen LogP contribution in [-0.4, -0.2) is 28.6 Å². The van der Waals surface area contributed by atoms with Crippen molar-refractivity contribution in [2.45, 2.75) is 45.4 Å². The van der Waals surface area contributed by atoms with Gasteiger partial charge in [-0.15, -0.1) is 0 Å². The summed E-state index contributed by atoms with van der Waals surface area (Å²) in [5.74, 6) is 3.16. The number of unbranched alkanes of at least 4 members (excludes halogenated alkanes) is 1. The molecule has 5 heteroatoms. The van der Waals surface area contributed by atoms with Crippen LogP contribution in [0.1, 0.15) is 60.3 Å². The first-order valence-electron chi connectivity index (χ1n) is 8.39. The predicted molar refractivity (Wildman–Crippen MR) is 99.3 cm³/mol. The van der Waals surface area contributed by atoms with Crippen molar-refractivity contribution in [1.29, 1.82) is 0 Å². The quantitative estimate of drug-likeness (QED) is 0.641. The Balaban J connectivity index is 2.04. The van der Waals surface area contributed by atoms with E-state index in [0.717, 1.165) is 28.5 Å². The van der Waals surface area contributed by atoms with Crippen molar-refractivity contribution in [1.82, 2.24) is 9.88 Å². The van der Waals surface area contributed by atoms with E-state index in [2.05, 4.69) is 11.9 Å². The van der Waals surface area contributed by atoms with E-state index in [1.54, 1.807) is 18.1 Å². The topological polar surface area (TPSA) is 46.3 Å². The average molecular weight is 346 g/mol. The minimum Gasteiger partial charge on any atom is -0.456 e. The summed E-state index contributed by atoms with van der Waals surface area (Å²) in [6.45, 7) is 6.09. The molecular weight excluding hydrogens is 320 g/mol. The van der Waals surface area contributed by atoms with E-state index < -0.39 is 0 Å². The lowest BCUT2D eigenvalue weighted by atomic mass is 10.2. The normalized spacial score (nSPS) is 12.2. The molecule has 2 aromatic rings. The summed E-state index contributed by atoms with van der Waals surface area (Å²) in [6, 6.07) is 7.51. The van der Waals surface area contributed by atoms with Crippen LogP contribution in [0.15, 0.2) is 34.9 Å². The first-order valence-corrected chi connectivity index (χ1v) is 9.55. The second-order valence-corrected chi connectivity index (χ2v) is 7.05. The zero-order valence-corrected chi connectivity index (χ0v) is 15.7. The van der Waals surface area contributed by atoms with Gasteiger partial charge in [-0.3, -0.25) is 9.78 Å². The number of amides is 1. The third-order valence-corrected chi connectivity index (χ3v) is 5.24. The third-order valence-electron chi connectivity index (χ3n) is 4.15. The van der Waals surface area contributed by atoms with Gasteiger partial charge in [0.2, 0.25) is 0 Å². The number of thioether (sulfide) groups is 1. The Morgan fingerprint density at radius 2 is 2.21 bits per heavy atom. The number of furan rings is 1. The highest BCUT2D eigenvalue weighted by molar-refractivity contribution is 7.98. The van der Waals surface area contributed by atoms with Gasteiger partial charge in [0.1, 0.15) is 5.76 Å². The molecule has 0 aliphatic carbocycles. The molecule has 2 aromatic heterocycles. The van der Waals surface area contributed by atoms with Crippen LogP contribution in [0.3, 0.4) is 0 Å². The molecule has 0 aliphatic heterocycles. The highest BCUT2D eigenvalue weighted by Gasteiger charge is 2.23. The van der Waals surface area contributed by atoms with E-state index >= 15 is 0 Å². The molecule has 0 fully saturated rings. The average Bonchev–Trinajstić information content (AvgIpc) is 2.98. The second kappa shape index (κ2) is 8.92. The van der Waals surface area contributed by atoms with Gasteiger partial charge in [-0.05, 0) is 44.2 Å². The second-order valence-electron chi connectivity index (χ2n) is 5.94. The maximum absolute atomic E-state index is 12.7. The van der Waals surface area contributed by atoms with Gasteiger partial charge in [-0.25, -0.2) is 0 Å². The van der Waals surface area contributed by atoms with Gasteiger partial charge in [0.15, 0.2) is 5.76 Å². The van der Waals surface area contributed by atoms with Crippen molar-refractivity contribution in [3.05, 3.63) is 53.2 Å². The highest BCUT2D eigenvalue weighted by Crippen LogP contribution is 2.24. The molecule has 4 nitrogen and oxygen atoms in total. The van der Waals surface area contributed by atoms with Gasteiger partial charge in [-0.1, -0.05) is 19.4 Å². The molecule has 0 spiro atoms. The van der Waals surface area contributed by atoms with E-state index in [-0.39, 0.29) is 11.9 Å². The number of nitrogens with zero attached hydrogens (tertiary/aromatic N) is 2. The van der Waals surface area contributed by atoms with Crippen LogP contribution < -0.4 is 0 Å². The summed E-state index contributed by atoms with van der Waals surface area (Å²) in [7, 11) is 1.79. The van der Waals surface area contributed by atoms with Gasteiger partial charge >= 0.3 is 0 Å². The van der Waals surface area contributed by atoms with Crippen LogP contribution in [-0.2, 0) is 5.75 Å². The number of pyridine rings is 1. The van der Waals surface area contributed by atoms with E-state index in [4.69, 9.17) is 4.42 Å². The van der Waals surface area contributed by atoms with Gasteiger partial charge in [-0.2, -0.15) is 11.8 Å². The minimum absolute atomic E-state index is 0.105. The third kappa shape index (κ3) is 4.63. The van der Waals surface area contributed by atoms with Crippen LogP contribution in [0.25, 0.3) is 0 Å². The summed E-state index contributed by atoms with van der Waals surface area (Å²) in [5.41, 5.74) is 1.98. The Labute approximate surface area is 148 Å². The lowest BCUT2D eigenvalue weighted by molar-refractivity contribution is 0.0706. The van der Waals surface area contributed by atoms with Crippen LogP contribution >= 0.6 is 11.8 Å². The summed E-state index contributed by atoms with van der Waals surface area (Å²) in [5, 5.41) is 0. The zero-order chi connectivity index (χ0) is 17.5. The predicted octanol–water partition coefficient (Wildman–Crippen LogP) is 4.85. The van der Waals surface area contributed by atoms with Crippen molar-refractivity contribution in [3.63, 3.8) is 0 Å². The Bertz CT molecular complexity index is 655. The maximum atomic E-state index is 12.7. The monoisotopic (exact) mass is 346 g/mol. The standard InChI is InChI=1S/C19H26N2O2S/c1-5-6-11-24-13-16-12-18(23-15(16)3)19(22)21(4)14(2)17-9-7-8-10-20-17/h7-10,12,14H,5-6,11,13H2,1-4H3. The molecule has 2 heterocycles. The Morgan fingerprint density at radius 3 is 2.88 bits per heavy atom. The minimum atomic E-state index is -0.110. The number of hydrogen-bond donors (Lipinski definition) is 0. The Kier molecular flexibility index (Phi) is 6.91. The first-order chi connectivity index (χ1) is 11.5. The van der Waals surface area contributed by atoms with Crippen molar-refractivity contribution in [3.8, 4) is 0 Å². The zero-order valence-electron chi connectivity index (χ0n) is 14.9. The van der Waals surface area contributed by atoms with Gasteiger partial charge in [0.25, 0.3) is 5.91 Å². The fourth-order valence-electron chi connectivity index (χ4n) is 2.37. The molecule has 0 aliphatic rings. The molecule has 130 valence electrons. The van der Waals surface area contributed by atoms with Crippen molar-refractivity contribution >= 4 is 17.7 Å². The van der Waals surface area contributed by atoms with Crippen LogP contribution in [0.5, 0.6) is 0 Å². The number of aryl methyl sites for hydroxylation is 1. The molecule has 0 saturated carbocycles. The molecule has 2 rings (SSSR count). The maximum Gasteiger partial charge on any atom is 0.289 e. The number of aromatic nitrogens is 1. The van der Waals surface area contributed by atoms with Crippen LogP contribution in [0.2, 0.25) is 0 Å². The Morgan fingerprint density at radius 1 is 1.42 bits per heavy atom.